The fourth-order valence-corrected chi connectivity index (χ4v) is 2.53. The van der Waals surface area contributed by atoms with Crippen molar-refractivity contribution in [2.24, 2.45) is 11.7 Å². The van der Waals surface area contributed by atoms with Gasteiger partial charge in [0.25, 0.3) is 0 Å². The summed E-state index contributed by atoms with van der Waals surface area (Å²) in [5.74, 6) is 1.47. The molecule has 0 amide bonds. The number of nitrogens with two attached hydrogens (primary N) is 1. The Labute approximate surface area is 91.4 Å². The van der Waals surface area contributed by atoms with Crippen LogP contribution in [0.3, 0.4) is 0 Å². The predicted molar refractivity (Wildman–Crippen MR) is 61.9 cm³/mol. The van der Waals surface area contributed by atoms with E-state index in [2.05, 4.69) is 19.1 Å². The van der Waals surface area contributed by atoms with Gasteiger partial charge in [0.05, 0.1) is 7.11 Å². The summed E-state index contributed by atoms with van der Waals surface area (Å²) in [6.45, 7) is 2.25. The molecule has 1 fully saturated rings. The maximum Gasteiger partial charge on any atom is 0.118 e. The molecule has 1 saturated carbocycles. The van der Waals surface area contributed by atoms with Crippen molar-refractivity contribution in [1.29, 1.82) is 0 Å². The van der Waals surface area contributed by atoms with Crippen LogP contribution in [0.15, 0.2) is 24.3 Å². The van der Waals surface area contributed by atoms with Crippen molar-refractivity contribution >= 4 is 0 Å². The van der Waals surface area contributed by atoms with Gasteiger partial charge in [-0.05, 0) is 36.5 Å². The van der Waals surface area contributed by atoms with Crippen molar-refractivity contribution in [2.75, 3.05) is 7.11 Å². The molecule has 1 aromatic rings. The van der Waals surface area contributed by atoms with E-state index < -0.39 is 0 Å². The van der Waals surface area contributed by atoms with Crippen LogP contribution in [0.25, 0.3) is 0 Å². The van der Waals surface area contributed by atoms with Gasteiger partial charge < -0.3 is 10.5 Å². The number of rotatable bonds is 2. The van der Waals surface area contributed by atoms with E-state index >= 15 is 0 Å². The Morgan fingerprint density at radius 2 is 2.00 bits per heavy atom. The SMILES string of the molecule is COc1ccc(C2(N)CCCC2C)cc1. The highest BCUT2D eigenvalue weighted by atomic mass is 16.5. The van der Waals surface area contributed by atoms with Gasteiger partial charge in [-0.1, -0.05) is 25.5 Å². The van der Waals surface area contributed by atoms with E-state index in [0.29, 0.717) is 5.92 Å². The van der Waals surface area contributed by atoms with Crippen LogP contribution in [0.1, 0.15) is 31.7 Å². The van der Waals surface area contributed by atoms with Crippen LogP contribution in [-0.2, 0) is 5.54 Å². The number of benzene rings is 1. The summed E-state index contributed by atoms with van der Waals surface area (Å²) >= 11 is 0. The topological polar surface area (TPSA) is 35.2 Å². The molecule has 0 bridgehead atoms. The third kappa shape index (κ3) is 1.74. The number of hydrogen-bond donors (Lipinski definition) is 1. The molecule has 0 saturated heterocycles. The van der Waals surface area contributed by atoms with Crippen molar-refractivity contribution in [2.45, 2.75) is 31.7 Å². The van der Waals surface area contributed by atoms with Crippen LogP contribution in [0.2, 0.25) is 0 Å². The van der Waals surface area contributed by atoms with Gasteiger partial charge in [-0.3, -0.25) is 0 Å². The molecule has 2 rings (SSSR count). The zero-order valence-electron chi connectivity index (χ0n) is 9.49. The molecule has 0 aromatic heterocycles. The zero-order chi connectivity index (χ0) is 10.9. The largest absolute Gasteiger partial charge is 0.497 e. The smallest absolute Gasteiger partial charge is 0.118 e. The normalized spacial score (nSPS) is 30.5. The monoisotopic (exact) mass is 205 g/mol. The van der Waals surface area contributed by atoms with Crippen molar-refractivity contribution in [1.82, 2.24) is 0 Å². The van der Waals surface area contributed by atoms with E-state index in [4.69, 9.17) is 10.5 Å². The van der Waals surface area contributed by atoms with Crippen LogP contribution in [0, 0.1) is 5.92 Å². The van der Waals surface area contributed by atoms with E-state index in [-0.39, 0.29) is 5.54 Å². The van der Waals surface area contributed by atoms with Crippen LogP contribution >= 0.6 is 0 Å². The lowest BCUT2D eigenvalue weighted by atomic mass is 9.82. The van der Waals surface area contributed by atoms with Gasteiger partial charge in [0, 0.05) is 5.54 Å². The average Bonchev–Trinajstić information content (AvgIpc) is 2.61. The Morgan fingerprint density at radius 1 is 1.33 bits per heavy atom. The molecule has 1 aliphatic carbocycles. The van der Waals surface area contributed by atoms with Gasteiger partial charge >= 0.3 is 0 Å². The number of hydrogen-bond acceptors (Lipinski definition) is 2. The van der Waals surface area contributed by atoms with Crippen LogP contribution in [-0.4, -0.2) is 7.11 Å². The number of ether oxygens (including phenoxy) is 1. The van der Waals surface area contributed by atoms with Crippen molar-refractivity contribution in [3.8, 4) is 5.75 Å². The van der Waals surface area contributed by atoms with Gasteiger partial charge in [0.1, 0.15) is 5.75 Å². The third-order valence-electron chi connectivity index (χ3n) is 3.73. The highest BCUT2D eigenvalue weighted by molar-refractivity contribution is 5.32. The van der Waals surface area contributed by atoms with Gasteiger partial charge in [-0.25, -0.2) is 0 Å². The minimum atomic E-state index is -0.119. The molecule has 15 heavy (non-hydrogen) atoms. The summed E-state index contributed by atoms with van der Waals surface area (Å²) in [6.07, 6.45) is 3.58. The highest BCUT2D eigenvalue weighted by Gasteiger charge is 2.37. The van der Waals surface area contributed by atoms with Gasteiger partial charge in [-0.15, -0.1) is 0 Å². The molecule has 2 atom stereocenters. The zero-order valence-corrected chi connectivity index (χ0v) is 9.49. The van der Waals surface area contributed by atoms with Crippen molar-refractivity contribution < 1.29 is 4.74 Å². The molecule has 82 valence electrons. The predicted octanol–water partition coefficient (Wildman–Crippen LogP) is 2.67. The summed E-state index contributed by atoms with van der Waals surface area (Å²) < 4.78 is 5.15. The van der Waals surface area contributed by atoms with Crippen molar-refractivity contribution in [3.63, 3.8) is 0 Å². The minimum absolute atomic E-state index is 0.119. The first-order chi connectivity index (χ1) is 7.16. The van der Waals surface area contributed by atoms with Gasteiger partial charge in [0.2, 0.25) is 0 Å². The van der Waals surface area contributed by atoms with Crippen LogP contribution in [0.4, 0.5) is 0 Å². The lowest BCUT2D eigenvalue weighted by molar-refractivity contribution is 0.348. The first kappa shape index (κ1) is 10.5. The molecule has 0 heterocycles. The molecular formula is C13H19NO. The van der Waals surface area contributed by atoms with E-state index in [1.807, 2.05) is 12.1 Å². The Balaban J connectivity index is 2.28. The molecule has 0 aliphatic heterocycles. The molecule has 2 N–H and O–H groups in total. The lowest BCUT2D eigenvalue weighted by Crippen LogP contribution is -2.38. The summed E-state index contributed by atoms with van der Waals surface area (Å²) in [5.41, 5.74) is 7.60. The molecule has 1 aliphatic rings. The molecule has 2 nitrogen and oxygen atoms in total. The summed E-state index contributed by atoms with van der Waals surface area (Å²) in [7, 11) is 1.69. The maximum absolute atomic E-state index is 6.47. The molecular weight excluding hydrogens is 186 g/mol. The molecule has 1 aromatic carbocycles. The second-order valence-corrected chi connectivity index (χ2v) is 4.56. The molecule has 2 heteroatoms. The molecule has 0 radical (unpaired) electrons. The summed E-state index contributed by atoms with van der Waals surface area (Å²) in [4.78, 5) is 0. The third-order valence-corrected chi connectivity index (χ3v) is 3.73. The van der Waals surface area contributed by atoms with Crippen LogP contribution < -0.4 is 10.5 Å². The minimum Gasteiger partial charge on any atom is -0.497 e. The van der Waals surface area contributed by atoms with E-state index in [1.54, 1.807) is 7.11 Å². The summed E-state index contributed by atoms with van der Waals surface area (Å²) in [6, 6.07) is 8.19. The Morgan fingerprint density at radius 3 is 2.47 bits per heavy atom. The second-order valence-electron chi connectivity index (χ2n) is 4.56. The Kier molecular flexibility index (Phi) is 2.70. The first-order valence-corrected chi connectivity index (χ1v) is 5.60. The fraction of sp³-hybridized carbons (Fsp3) is 0.538. The van der Waals surface area contributed by atoms with Gasteiger partial charge in [-0.2, -0.15) is 0 Å². The summed E-state index contributed by atoms with van der Waals surface area (Å²) in [5, 5.41) is 0. The van der Waals surface area contributed by atoms with Crippen LogP contribution in [0.5, 0.6) is 5.75 Å². The second kappa shape index (κ2) is 3.86. The molecule has 0 spiro atoms. The molecule has 2 unspecified atom stereocenters. The van der Waals surface area contributed by atoms with Gasteiger partial charge in [0.15, 0.2) is 0 Å². The van der Waals surface area contributed by atoms with E-state index in [0.717, 1.165) is 12.2 Å². The quantitative estimate of drug-likeness (QED) is 0.805. The maximum atomic E-state index is 6.47. The van der Waals surface area contributed by atoms with E-state index in [9.17, 15) is 0 Å². The Bertz CT molecular complexity index is 333. The Hall–Kier alpha value is -1.02. The van der Waals surface area contributed by atoms with Crippen molar-refractivity contribution in [3.05, 3.63) is 29.8 Å². The first-order valence-electron chi connectivity index (χ1n) is 5.60. The van der Waals surface area contributed by atoms with E-state index in [1.165, 1.54) is 18.4 Å². The number of methoxy groups -OCH3 is 1. The fourth-order valence-electron chi connectivity index (χ4n) is 2.53. The average molecular weight is 205 g/mol. The highest BCUT2D eigenvalue weighted by Crippen LogP contribution is 2.41. The standard InChI is InChI=1S/C13H19NO/c1-10-4-3-9-13(10,14)11-5-7-12(15-2)8-6-11/h5-8,10H,3-4,9,14H2,1-2H3. The lowest BCUT2D eigenvalue weighted by Gasteiger charge is -2.29.